The third-order valence-electron chi connectivity index (χ3n) is 3.36. The SMILES string of the molecule is CNC(C)CCCCN1CCC(C)C1. The molecule has 0 saturated carbocycles. The van der Waals surface area contributed by atoms with Gasteiger partial charge in [-0.3, -0.25) is 0 Å². The van der Waals surface area contributed by atoms with Gasteiger partial charge < -0.3 is 10.2 Å². The summed E-state index contributed by atoms with van der Waals surface area (Å²) in [4.78, 5) is 2.62. The number of hydrogen-bond acceptors (Lipinski definition) is 2. The number of nitrogens with zero attached hydrogens (tertiary/aromatic N) is 1. The molecule has 0 amide bonds. The van der Waals surface area contributed by atoms with Crippen LogP contribution in [0.1, 0.15) is 39.5 Å². The van der Waals surface area contributed by atoms with Crippen LogP contribution in [0.4, 0.5) is 0 Å². The van der Waals surface area contributed by atoms with Crippen molar-refractivity contribution >= 4 is 0 Å². The molecule has 1 aliphatic heterocycles. The Morgan fingerprint density at radius 1 is 1.43 bits per heavy atom. The average molecular weight is 198 g/mol. The Labute approximate surface area is 89.1 Å². The van der Waals surface area contributed by atoms with Gasteiger partial charge in [-0.2, -0.15) is 0 Å². The lowest BCUT2D eigenvalue weighted by Gasteiger charge is -2.15. The molecule has 1 fully saturated rings. The van der Waals surface area contributed by atoms with Crippen LogP contribution in [0.2, 0.25) is 0 Å². The van der Waals surface area contributed by atoms with Crippen molar-refractivity contribution < 1.29 is 0 Å². The van der Waals surface area contributed by atoms with E-state index in [1.807, 2.05) is 7.05 Å². The van der Waals surface area contributed by atoms with Crippen LogP contribution in [-0.4, -0.2) is 37.6 Å². The maximum Gasteiger partial charge on any atom is 0.00357 e. The standard InChI is InChI=1S/C12H26N2/c1-11-7-9-14(10-11)8-5-4-6-12(2)13-3/h11-13H,4-10H2,1-3H3. The first-order chi connectivity index (χ1) is 6.72. The summed E-state index contributed by atoms with van der Waals surface area (Å²) >= 11 is 0. The van der Waals surface area contributed by atoms with E-state index in [2.05, 4.69) is 24.1 Å². The average Bonchev–Trinajstić information content (AvgIpc) is 2.58. The minimum absolute atomic E-state index is 0.688. The number of unbranched alkanes of at least 4 members (excludes halogenated alkanes) is 1. The smallest absolute Gasteiger partial charge is 0.00357 e. The van der Waals surface area contributed by atoms with Gasteiger partial charge in [0.1, 0.15) is 0 Å². The maximum absolute atomic E-state index is 3.29. The third kappa shape index (κ3) is 4.43. The second-order valence-electron chi connectivity index (χ2n) is 4.88. The number of nitrogens with one attached hydrogen (secondary N) is 1. The van der Waals surface area contributed by atoms with Crippen molar-refractivity contribution in [3.05, 3.63) is 0 Å². The topological polar surface area (TPSA) is 15.3 Å². The predicted octanol–water partition coefficient (Wildman–Crippen LogP) is 2.11. The van der Waals surface area contributed by atoms with Gasteiger partial charge in [0.25, 0.3) is 0 Å². The van der Waals surface area contributed by atoms with Gasteiger partial charge in [0, 0.05) is 12.6 Å². The minimum Gasteiger partial charge on any atom is -0.317 e. The Kier molecular flexibility index (Phi) is 5.49. The molecule has 0 aliphatic carbocycles. The van der Waals surface area contributed by atoms with E-state index in [0.717, 1.165) is 5.92 Å². The molecule has 0 aromatic heterocycles. The van der Waals surface area contributed by atoms with E-state index in [1.54, 1.807) is 0 Å². The van der Waals surface area contributed by atoms with Gasteiger partial charge in [-0.15, -0.1) is 0 Å². The highest BCUT2D eigenvalue weighted by molar-refractivity contribution is 4.72. The fourth-order valence-electron chi connectivity index (χ4n) is 2.16. The lowest BCUT2D eigenvalue weighted by Crippen LogP contribution is -2.23. The molecule has 1 rings (SSSR count). The molecule has 1 saturated heterocycles. The van der Waals surface area contributed by atoms with Crippen molar-refractivity contribution in [1.82, 2.24) is 10.2 Å². The molecule has 14 heavy (non-hydrogen) atoms. The van der Waals surface area contributed by atoms with Crippen molar-refractivity contribution in [2.24, 2.45) is 5.92 Å². The molecule has 0 aromatic rings. The van der Waals surface area contributed by atoms with Crippen LogP contribution in [0.5, 0.6) is 0 Å². The molecular weight excluding hydrogens is 172 g/mol. The summed E-state index contributed by atoms with van der Waals surface area (Å²) in [5, 5.41) is 3.29. The molecule has 2 nitrogen and oxygen atoms in total. The second kappa shape index (κ2) is 6.41. The molecule has 2 heteroatoms. The Balaban J connectivity index is 1.94. The molecule has 1 N–H and O–H groups in total. The van der Waals surface area contributed by atoms with Crippen LogP contribution in [0.15, 0.2) is 0 Å². The minimum atomic E-state index is 0.688. The Bertz CT molecular complexity index is 147. The Hall–Kier alpha value is -0.0800. The first kappa shape index (κ1) is 12.0. The first-order valence-electron chi connectivity index (χ1n) is 6.12. The van der Waals surface area contributed by atoms with Gasteiger partial charge in [-0.1, -0.05) is 13.3 Å². The van der Waals surface area contributed by atoms with Gasteiger partial charge in [0.05, 0.1) is 0 Å². The summed E-state index contributed by atoms with van der Waals surface area (Å²) in [6.45, 7) is 8.62. The highest BCUT2D eigenvalue weighted by atomic mass is 15.1. The van der Waals surface area contributed by atoms with Crippen molar-refractivity contribution in [1.29, 1.82) is 0 Å². The number of rotatable bonds is 6. The fourth-order valence-corrected chi connectivity index (χ4v) is 2.16. The Morgan fingerprint density at radius 3 is 2.79 bits per heavy atom. The van der Waals surface area contributed by atoms with Gasteiger partial charge in [0.2, 0.25) is 0 Å². The summed E-state index contributed by atoms with van der Waals surface area (Å²) in [5.41, 5.74) is 0. The molecule has 1 aliphatic rings. The van der Waals surface area contributed by atoms with Crippen LogP contribution >= 0.6 is 0 Å². The van der Waals surface area contributed by atoms with E-state index in [4.69, 9.17) is 0 Å². The van der Waals surface area contributed by atoms with Gasteiger partial charge in [-0.05, 0) is 52.2 Å². The van der Waals surface area contributed by atoms with Gasteiger partial charge in [-0.25, -0.2) is 0 Å². The highest BCUT2D eigenvalue weighted by Gasteiger charge is 2.17. The predicted molar refractivity (Wildman–Crippen MR) is 62.6 cm³/mol. The van der Waals surface area contributed by atoms with Gasteiger partial charge >= 0.3 is 0 Å². The Morgan fingerprint density at radius 2 is 2.21 bits per heavy atom. The zero-order valence-electron chi connectivity index (χ0n) is 10.1. The molecule has 0 aromatic carbocycles. The summed E-state index contributed by atoms with van der Waals surface area (Å²) in [5.74, 6) is 0.936. The van der Waals surface area contributed by atoms with Crippen LogP contribution in [0.25, 0.3) is 0 Å². The van der Waals surface area contributed by atoms with Crippen molar-refractivity contribution in [2.75, 3.05) is 26.7 Å². The summed E-state index contributed by atoms with van der Waals surface area (Å²) < 4.78 is 0. The van der Waals surface area contributed by atoms with Crippen molar-refractivity contribution in [3.8, 4) is 0 Å². The monoisotopic (exact) mass is 198 g/mol. The van der Waals surface area contributed by atoms with Crippen LogP contribution in [0.3, 0.4) is 0 Å². The normalized spacial score (nSPS) is 25.5. The molecular formula is C12H26N2. The second-order valence-corrected chi connectivity index (χ2v) is 4.88. The van der Waals surface area contributed by atoms with E-state index in [-0.39, 0.29) is 0 Å². The zero-order chi connectivity index (χ0) is 10.4. The van der Waals surface area contributed by atoms with Crippen molar-refractivity contribution in [2.45, 2.75) is 45.6 Å². The quantitative estimate of drug-likeness (QED) is 0.658. The van der Waals surface area contributed by atoms with Crippen molar-refractivity contribution in [3.63, 3.8) is 0 Å². The molecule has 84 valence electrons. The summed E-state index contributed by atoms with van der Waals surface area (Å²) in [6.07, 6.45) is 5.47. The molecule has 0 bridgehead atoms. The first-order valence-corrected chi connectivity index (χ1v) is 6.12. The lowest BCUT2D eigenvalue weighted by molar-refractivity contribution is 0.316. The number of hydrogen-bond donors (Lipinski definition) is 1. The molecule has 0 spiro atoms. The van der Waals surface area contributed by atoms with Crippen LogP contribution < -0.4 is 5.32 Å². The third-order valence-corrected chi connectivity index (χ3v) is 3.36. The summed E-state index contributed by atoms with van der Waals surface area (Å²) in [6, 6.07) is 0.688. The molecule has 2 unspecified atom stereocenters. The van der Waals surface area contributed by atoms with Crippen LogP contribution in [-0.2, 0) is 0 Å². The zero-order valence-corrected chi connectivity index (χ0v) is 10.1. The van der Waals surface area contributed by atoms with Gasteiger partial charge in [0.15, 0.2) is 0 Å². The molecule has 1 heterocycles. The van der Waals surface area contributed by atoms with Crippen LogP contribution in [0, 0.1) is 5.92 Å². The summed E-state index contributed by atoms with van der Waals surface area (Å²) in [7, 11) is 2.05. The molecule has 0 radical (unpaired) electrons. The van der Waals surface area contributed by atoms with E-state index >= 15 is 0 Å². The van der Waals surface area contributed by atoms with E-state index < -0.39 is 0 Å². The largest absolute Gasteiger partial charge is 0.317 e. The molecule has 2 atom stereocenters. The lowest BCUT2D eigenvalue weighted by atomic mass is 10.1. The van der Waals surface area contributed by atoms with E-state index in [9.17, 15) is 0 Å². The maximum atomic E-state index is 3.29. The number of likely N-dealkylation sites (tertiary alicyclic amines) is 1. The van der Waals surface area contributed by atoms with E-state index in [1.165, 1.54) is 45.3 Å². The van der Waals surface area contributed by atoms with E-state index in [0.29, 0.717) is 6.04 Å². The fraction of sp³-hybridized carbons (Fsp3) is 1.00. The highest BCUT2D eigenvalue weighted by Crippen LogP contribution is 2.15.